The lowest BCUT2D eigenvalue weighted by atomic mass is 10.2. The molecule has 0 unspecified atom stereocenters. The van der Waals surface area contributed by atoms with Crippen molar-refractivity contribution in [2.24, 2.45) is 0 Å². The Labute approximate surface area is 119 Å². The fourth-order valence-corrected chi connectivity index (χ4v) is 1.87. The monoisotopic (exact) mass is 329 g/mol. The fraction of sp³-hybridized carbons (Fsp3) is 0.273. The number of methoxy groups -OCH3 is 1. The minimum absolute atomic E-state index is 0.0318. The Bertz CT molecular complexity index is 547. The van der Waals surface area contributed by atoms with Crippen molar-refractivity contribution in [1.29, 1.82) is 0 Å². The summed E-state index contributed by atoms with van der Waals surface area (Å²) < 4.78 is 67.1. The van der Waals surface area contributed by atoms with Crippen LogP contribution in [0.5, 0.6) is 0 Å². The van der Waals surface area contributed by atoms with Crippen molar-refractivity contribution in [3.63, 3.8) is 0 Å². The van der Waals surface area contributed by atoms with Crippen molar-refractivity contribution in [3.8, 4) is 0 Å². The van der Waals surface area contributed by atoms with Gasteiger partial charge >= 0.3 is 24.0 Å². The van der Waals surface area contributed by atoms with E-state index in [-0.39, 0.29) is 22.4 Å². The maximum Gasteiger partial charge on any atom is 0.463 e. The van der Waals surface area contributed by atoms with Crippen LogP contribution in [0.2, 0.25) is 0 Å². The first-order valence-electron chi connectivity index (χ1n) is 5.20. The third-order valence-corrected chi connectivity index (χ3v) is 3.05. The number of ether oxygens (including phenoxy) is 1. The number of nitrogens with one attached hydrogen (secondary N) is 1. The Kier molecular flexibility index (Phi) is 5.15. The van der Waals surface area contributed by atoms with E-state index in [1.165, 1.54) is 29.0 Å². The van der Waals surface area contributed by atoms with E-state index < -0.39 is 24.0 Å². The van der Waals surface area contributed by atoms with E-state index in [1.807, 2.05) is 0 Å². The van der Waals surface area contributed by atoms with Crippen LogP contribution in [-0.4, -0.2) is 31.1 Å². The van der Waals surface area contributed by atoms with E-state index in [4.69, 9.17) is 0 Å². The summed E-state index contributed by atoms with van der Waals surface area (Å²) in [6.45, 7) is 0. The third kappa shape index (κ3) is 3.84. The zero-order valence-electron chi connectivity index (χ0n) is 10.3. The maximum atomic E-state index is 12.7. The summed E-state index contributed by atoms with van der Waals surface area (Å²) >= 11 is 0.161. The van der Waals surface area contributed by atoms with Gasteiger partial charge in [0.25, 0.3) is 0 Å². The number of carbonyl (C=O) groups excluding carboxylic acids is 2. The number of hydrogen-bond donors (Lipinski definition) is 1. The lowest BCUT2D eigenvalue weighted by Crippen LogP contribution is -2.48. The topological polar surface area (TPSA) is 55.4 Å². The summed E-state index contributed by atoms with van der Waals surface area (Å²) in [5.41, 5.74) is -0.0828. The standard InChI is InChI=1S/C11H8F5NO3S/c1-20-8(18)6-4-2-3-5-7(6)21-17-9(19)10(12,13)11(14,15)16/h2-5H,1H3,(H,17,19). The molecule has 1 aromatic carbocycles. The Morgan fingerprint density at radius 1 is 1.14 bits per heavy atom. The second-order valence-corrected chi connectivity index (χ2v) is 4.44. The molecule has 0 aliphatic carbocycles. The van der Waals surface area contributed by atoms with Crippen molar-refractivity contribution in [3.05, 3.63) is 29.8 Å². The summed E-state index contributed by atoms with van der Waals surface area (Å²) in [6, 6.07) is 5.36. The van der Waals surface area contributed by atoms with Gasteiger partial charge in [0.2, 0.25) is 0 Å². The van der Waals surface area contributed by atoms with Gasteiger partial charge < -0.3 is 4.74 Å². The van der Waals surface area contributed by atoms with E-state index in [1.54, 1.807) is 0 Å². The van der Waals surface area contributed by atoms with E-state index in [0.717, 1.165) is 7.11 Å². The summed E-state index contributed by atoms with van der Waals surface area (Å²) in [4.78, 5) is 22.2. The van der Waals surface area contributed by atoms with E-state index >= 15 is 0 Å². The van der Waals surface area contributed by atoms with Crippen LogP contribution in [0.4, 0.5) is 22.0 Å². The zero-order valence-corrected chi connectivity index (χ0v) is 11.1. The first-order valence-corrected chi connectivity index (χ1v) is 6.02. The van der Waals surface area contributed by atoms with Gasteiger partial charge in [-0.15, -0.1) is 0 Å². The molecule has 0 radical (unpaired) electrons. The summed E-state index contributed by atoms with van der Waals surface area (Å²) in [6.07, 6.45) is -6.00. The number of benzene rings is 1. The zero-order chi connectivity index (χ0) is 16.3. The highest BCUT2D eigenvalue weighted by molar-refractivity contribution is 7.98. The van der Waals surface area contributed by atoms with Crippen molar-refractivity contribution in [1.82, 2.24) is 4.72 Å². The minimum atomic E-state index is -6.00. The van der Waals surface area contributed by atoms with E-state index in [9.17, 15) is 31.5 Å². The number of carbonyl (C=O) groups is 2. The highest BCUT2D eigenvalue weighted by atomic mass is 32.2. The molecule has 1 N–H and O–H groups in total. The second-order valence-electron chi connectivity index (χ2n) is 3.59. The van der Waals surface area contributed by atoms with Gasteiger partial charge in [0, 0.05) is 4.90 Å². The van der Waals surface area contributed by atoms with Crippen LogP contribution < -0.4 is 4.72 Å². The van der Waals surface area contributed by atoms with Crippen molar-refractivity contribution in [2.75, 3.05) is 7.11 Å². The third-order valence-electron chi connectivity index (χ3n) is 2.19. The molecule has 0 aliphatic heterocycles. The number of halogens is 5. The van der Waals surface area contributed by atoms with Gasteiger partial charge in [-0.1, -0.05) is 12.1 Å². The SMILES string of the molecule is COC(=O)c1ccccc1SNC(=O)C(F)(F)C(F)(F)F. The molecule has 4 nitrogen and oxygen atoms in total. The van der Waals surface area contributed by atoms with Gasteiger partial charge in [0.1, 0.15) is 0 Å². The molecule has 1 rings (SSSR count). The lowest BCUT2D eigenvalue weighted by molar-refractivity contribution is -0.268. The van der Waals surface area contributed by atoms with Crippen molar-refractivity contribution >= 4 is 23.8 Å². The summed E-state index contributed by atoms with van der Waals surface area (Å²) in [7, 11) is 1.07. The highest BCUT2D eigenvalue weighted by Gasteiger charge is 2.63. The molecule has 0 fully saturated rings. The van der Waals surface area contributed by atoms with E-state index in [2.05, 4.69) is 4.74 Å². The molecule has 0 aromatic heterocycles. The molecule has 1 aromatic rings. The average Bonchev–Trinajstić information content (AvgIpc) is 2.42. The first kappa shape index (κ1) is 17.2. The van der Waals surface area contributed by atoms with Crippen LogP contribution in [0.3, 0.4) is 0 Å². The first-order chi connectivity index (χ1) is 9.61. The lowest BCUT2D eigenvalue weighted by Gasteiger charge is -2.18. The molecule has 0 saturated heterocycles. The molecule has 21 heavy (non-hydrogen) atoms. The van der Waals surface area contributed by atoms with Crippen LogP contribution >= 0.6 is 11.9 Å². The molecule has 0 saturated carbocycles. The summed E-state index contributed by atoms with van der Waals surface area (Å²) in [5, 5.41) is 0. The highest BCUT2D eigenvalue weighted by Crippen LogP contribution is 2.36. The van der Waals surface area contributed by atoms with Crippen molar-refractivity contribution in [2.45, 2.75) is 17.0 Å². The van der Waals surface area contributed by atoms with Gasteiger partial charge in [-0.05, 0) is 24.1 Å². The van der Waals surface area contributed by atoms with Crippen LogP contribution in [0.15, 0.2) is 29.2 Å². The van der Waals surface area contributed by atoms with Gasteiger partial charge in [-0.25, -0.2) is 4.79 Å². The molecule has 0 spiro atoms. The molecule has 0 bridgehead atoms. The van der Waals surface area contributed by atoms with Crippen LogP contribution in [0.1, 0.15) is 10.4 Å². The van der Waals surface area contributed by atoms with Crippen LogP contribution in [0, 0.1) is 0 Å². The number of esters is 1. The Morgan fingerprint density at radius 3 is 2.24 bits per heavy atom. The predicted octanol–water partition coefficient (Wildman–Crippen LogP) is 2.79. The van der Waals surface area contributed by atoms with Crippen molar-refractivity contribution < 1.29 is 36.3 Å². The predicted molar refractivity (Wildman–Crippen MR) is 62.8 cm³/mol. The number of alkyl halides is 5. The Balaban J connectivity index is 2.86. The maximum absolute atomic E-state index is 12.7. The molecular weight excluding hydrogens is 321 g/mol. The van der Waals surface area contributed by atoms with Crippen LogP contribution in [0.25, 0.3) is 0 Å². The van der Waals surface area contributed by atoms with Gasteiger partial charge in [0.05, 0.1) is 12.7 Å². The number of amides is 1. The minimum Gasteiger partial charge on any atom is -0.465 e. The summed E-state index contributed by atoms with van der Waals surface area (Å²) in [5.74, 6) is -8.88. The molecular formula is C11H8F5NO3S. The Morgan fingerprint density at radius 2 is 1.71 bits per heavy atom. The second kappa shape index (κ2) is 6.29. The quantitative estimate of drug-likeness (QED) is 0.524. The molecule has 116 valence electrons. The molecule has 10 heteroatoms. The fourth-order valence-electron chi connectivity index (χ4n) is 1.13. The van der Waals surface area contributed by atoms with Gasteiger partial charge in [0.15, 0.2) is 0 Å². The van der Waals surface area contributed by atoms with Gasteiger partial charge in [-0.3, -0.25) is 9.52 Å². The molecule has 0 heterocycles. The number of rotatable bonds is 4. The largest absolute Gasteiger partial charge is 0.465 e. The molecule has 0 aliphatic rings. The number of hydrogen-bond acceptors (Lipinski definition) is 4. The normalized spacial score (nSPS) is 11.9. The molecule has 0 atom stereocenters. The Hall–Kier alpha value is -1.84. The smallest absolute Gasteiger partial charge is 0.463 e. The average molecular weight is 329 g/mol. The van der Waals surface area contributed by atoms with E-state index in [0.29, 0.717) is 0 Å². The molecule has 1 amide bonds. The van der Waals surface area contributed by atoms with Crippen LogP contribution in [-0.2, 0) is 9.53 Å². The van der Waals surface area contributed by atoms with Gasteiger partial charge in [-0.2, -0.15) is 22.0 Å².